The van der Waals surface area contributed by atoms with E-state index in [0.717, 1.165) is 16.5 Å². The maximum atomic E-state index is 6.09. The molecular weight excluding hydrogens is 772 g/mol. The first-order chi connectivity index (χ1) is 29.3. The highest BCUT2D eigenvalue weighted by atomic mass is 32.1. The van der Waals surface area contributed by atoms with Crippen LogP contribution in [0.15, 0.2) is 120 Å². The summed E-state index contributed by atoms with van der Waals surface area (Å²) >= 11 is 1.99. The number of thiophene rings is 1. The van der Waals surface area contributed by atoms with Crippen molar-refractivity contribution in [2.75, 3.05) is 9.80 Å². The lowest BCUT2D eigenvalue weighted by Gasteiger charge is -2.44. The van der Waals surface area contributed by atoms with Gasteiger partial charge in [-0.05, 0) is 147 Å². The molecule has 2 aromatic heterocycles. The average molecular weight is 831 g/mol. The van der Waals surface area contributed by atoms with Gasteiger partial charge in [-0.25, -0.2) is 0 Å². The Morgan fingerprint density at radius 2 is 1.18 bits per heavy atom. The normalized spacial score (nSPS) is 13.9. The summed E-state index contributed by atoms with van der Waals surface area (Å²) in [5.41, 5.74) is 21.5. The third-order valence-electron chi connectivity index (χ3n) is 13.6. The van der Waals surface area contributed by atoms with Gasteiger partial charge >= 0.3 is 0 Å². The molecule has 62 heavy (non-hydrogen) atoms. The second-order valence-corrected chi connectivity index (χ2v) is 22.5. The van der Waals surface area contributed by atoms with E-state index in [1.807, 2.05) is 23.7 Å². The molecule has 0 unspecified atom stereocenters. The quantitative estimate of drug-likeness (QED) is 0.165. The number of hydrogen-bond acceptors (Lipinski definition) is 4. The van der Waals surface area contributed by atoms with E-state index in [0.29, 0.717) is 5.92 Å². The standard InChI is InChI=1S/C57H59BN2OS/c1-33(2)36-28-47-51-48(29-36)60(52-34(3)26-37(27-35(52)4)44-32-61-49-17-15-14-16-42(44)49)53-43-30-39(56(8,9)10)21-25-50(43)62-54(53)58(51)45-31-40(57(11,12)13)20-24-46(45)59(47)41-22-18-38(19-23-41)55(5,6)7/h14-33H,1-13H3. The Bertz CT molecular complexity index is 3070. The minimum atomic E-state index is -0.0135. The highest BCUT2D eigenvalue weighted by molar-refractivity contribution is 7.33. The summed E-state index contributed by atoms with van der Waals surface area (Å²) in [6, 6.07) is 42.2. The number of hydrogen-bond donors (Lipinski definition) is 0. The summed E-state index contributed by atoms with van der Waals surface area (Å²) in [6.07, 6.45) is 1.93. The third-order valence-corrected chi connectivity index (χ3v) is 14.8. The van der Waals surface area contributed by atoms with E-state index in [9.17, 15) is 0 Å². The molecule has 2 aliphatic heterocycles. The van der Waals surface area contributed by atoms with Crippen molar-refractivity contribution in [1.82, 2.24) is 0 Å². The maximum Gasteiger partial charge on any atom is 0.264 e. The van der Waals surface area contributed by atoms with Crippen molar-refractivity contribution in [2.24, 2.45) is 0 Å². The molecule has 312 valence electrons. The Morgan fingerprint density at radius 3 is 1.82 bits per heavy atom. The van der Waals surface area contributed by atoms with Crippen molar-refractivity contribution >= 4 is 88.9 Å². The number of para-hydroxylation sites is 1. The predicted octanol–water partition coefficient (Wildman–Crippen LogP) is 15.0. The topological polar surface area (TPSA) is 19.6 Å². The van der Waals surface area contributed by atoms with Gasteiger partial charge in [0.25, 0.3) is 6.71 Å². The van der Waals surface area contributed by atoms with Crippen LogP contribution in [0, 0.1) is 13.8 Å². The first-order valence-corrected chi connectivity index (χ1v) is 23.3. The van der Waals surface area contributed by atoms with Crippen LogP contribution in [-0.2, 0) is 16.2 Å². The van der Waals surface area contributed by atoms with Crippen LogP contribution >= 0.6 is 11.3 Å². The van der Waals surface area contributed by atoms with E-state index < -0.39 is 0 Å². The Morgan fingerprint density at radius 1 is 0.581 bits per heavy atom. The first kappa shape index (κ1) is 40.6. The molecule has 0 aliphatic carbocycles. The van der Waals surface area contributed by atoms with Gasteiger partial charge in [0.1, 0.15) is 5.58 Å². The molecule has 5 heteroatoms. The van der Waals surface area contributed by atoms with Gasteiger partial charge in [-0.1, -0.05) is 125 Å². The molecule has 0 radical (unpaired) electrons. The lowest BCUT2D eigenvalue weighted by Crippen LogP contribution is -2.60. The van der Waals surface area contributed by atoms with Crippen molar-refractivity contribution < 1.29 is 4.42 Å². The second kappa shape index (κ2) is 14.0. The monoisotopic (exact) mass is 830 g/mol. The number of furan rings is 1. The molecule has 0 N–H and O–H groups in total. The van der Waals surface area contributed by atoms with E-state index in [-0.39, 0.29) is 23.0 Å². The molecular formula is C57H59BN2OS. The zero-order chi connectivity index (χ0) is 43.8. The molecule has 3 nitrogen and oxygen atoms in total. The summed E-state index contributed by atoms with van der Waals surface area (Å²) in [7, 11) is 0. The van der Waals surface area contributed by atoms with Crippen molar-refractivity contribution in [1.29, 1.82) is 0 Å². The van der Waals surface area contributed by atoms with E-state index in [1.54, 1.807) is 0 Å². The third kappa shape index (κ3) is 6.36. The molecule has 2 aliphatic rings. The van der Waals surface area contributed by atoms with Gasteiger partial charge in [0.05, 0.1) is 17.6 Å². The van der Waals surface area contributed by atoms with Crippen LogP contribution in [0.2, 0.25) is 0 Å². The number of aryl methyl sites for hydroxylation is 2. The minimum absolute atomic E-state index is 0.00132. The van der Waals surface area contributed by atoms with E-state index >= 15 is 0 Å². The second-order valence-electron chi connectivity index (χ2n) is 21.4. The number of anilines is 6. The zero-order valence-electron chi connectivity index (χ0n) is 38.8. The van der Waals surface area contributed by atoms with E-state index in [1.165, 1.54) is 98.9 Å². The smallest absolute Gasteiger partial charge is 0.264 e. The highest BCUT2D eigenvalue weighted by Crippen LogP contribution is 2.51. The Labute approximate surface area is 373 Å². The van der Waals surface area contributed by atoms with Gasteiger partial charge in [-0.3, -0.25) is 0 Å². The first-order valence-electron chi connectivity index (χ1n) is 22.5. The molecule has 0 atom stereocenters. The molecule has 4 heterocycles. The van der Waals surface area contributed by atoms with Crippen molar-refractivity contribution in [3.8, 4) is 11.1 Å². The summed E-state index contributed by atoms with van der Waals surface area (Å²) in [6.45, 7) is 30.3. The number of rotatable bonds is 4. The predicted molar refractivity (Wildman–Crippen MR) is 271 cm³/mol. The Hall–Kier alpha value is -5.52. The van der Waals surface area contributed by atoms with Gasteiger partial charge in [-0.2, -0.15) is 0 Å². The van der Waals surface area contributed by atoms with E-state index in [2.05, 4.69) is 203 Å². The van der Waals surface area contributed by atoms with Gasteiger partial charge in [0.15, 0.2) is 0 Å². The van der Waals surface area contributed by atoms with Crippen LogP contribution < -0.4 is 25.5 Å². The van der Waals surface area contributed by atoms with Gasteiger partial charge < -0.3 is 14.2 Å². The van der Waals surface area contributed by atoms with Crippen LogP contribution in [0.25, 0.3) is 32.2 Å². The molecule has 6 aromatic carbocycles. The minimum Gasteiger partial charge on any atom is -0.464 e. The maximum absolute atomic E-state index is 6.09. The van der Waals surface area contributed by atoms with Crippen LogP contribution in [0.5, 0.6) is 0 Å². The van der Waals surface area contributed by atoms with Crippen LogP contribution in [-0.4, -0.2) is 6.71 Å². The van der Waals surface area contributed by atoms with Crippen LogP contribution in [0.4, 0.5) is 34.1 Å². The lowest BCUT2D eigenvalue weighted by atomic mass is 9.36. The molecule has 0 amide bonds. The van der Waals surface area contributed by atoms with Gasteiger partial charge in [0, 0.05) is 48.6 Å². The average Bonchev–Trinajstić information content (AvgIpc) is 3.82. The summed E-state index contributed by atoms with van der Waals surface area (Å²) < 4.78 is 8.84. The summed E-state index contributed by atoms with van der Waals surface area (Å²) in [4.78, 5) is 5.26. The van der Waals surface area contributed by atoms with Gasteiger partial charge in [0.2, 0.25) is 0 Å². The molecule has 0 fully saturated rings. The highest BCUT2D eigenvalue weighted by Gasteiger charge is 2.46. The fourth-order valence-electron chi connectivity index (χ4n) is 10.1. The lowest BCUT2D eigenvalue weighted by molar-refractivity contribution is 0.590. The van der Waals surface area contributed by atoms with Crippen molar-refractivity contribution in [3.05, 3.63) is 149 Å². The Balaban J connectivity index is 1.32. The SMILES string of the molecule is Cc1cc(-c2coc3ccccc23)cc(C)c1N1c2cc(C(C)C)cc3c2B(c2cc(C(C)(C)C)ccc2N3c2ccc(C(C)(C)C)cc2)c2sc3ccc(C(C)(C)C)cc3c21. The number of nitrogens with zero attached hydrogens (tertiary/aromatic N) is 2. The molecule has 0 spiro atoms. The fourth-order valence-corrected chi connectivity index (χ4v) is 11.4. The molecule has 8 aromatic rings. The molecule has 0 bridgehead atoms. The molecule has 10 rings (SSSR count). The largest absolute Gasteiger partial charge is 0.464 e. The van der Waals surface area contributed by atoms with E-state index in [4.69, 9.17) is 4.42 Å². The van der Waals surface area contributed by atoms with Crippen molar-refractivity contribution in [3.63, 3.8) is 0 Å². The molecule has 0 saturated carbocycles. The fraction of sp³-hybridized carbons (Fsp3) is 0.298. The molecule has 0 saturated heterocycles. The summed E-state index contributed by atoms with van der Waals surface area (Å²) in [5, 5.41) is 2.47. The zero-order valence-corrected chi connectivity index (χ0v) is 39.7. The van der Waals surface area contributed by atoms with Crippen molar-refractivity contribution in [2.45, 2.75) is 112 Å². The summed E-state index contributed by atoms with van der Waals surface area (Å²) in [5.74, 6) is 0.318. The number of benzene rings is 6. The van der Waals surface area contributed by atoms with Crippen LogP contribution in [0.1, 0.15) is 115 Å². The van der Waals surface area contributed by atoms with Crippen LogP contribution in [0.3, 0.4) is 0 Å². The Kier molecular flexibility index (Phi) is 9.15. The van der Waals surface area contributed by atoms with Gasteiger partial charge in [-0.15, -0.1) is 11.3 Å². The number of fused-ring (bicyclic) bond motifs is 7.